The standard InChI is InChI=1S/C31H35Cl2N7O3/c1-4-35-25(41)19-38(3)24-18-26(39-16-14-31(15-17-39,30(34)42)43-5-2)40-29(36-24)27(20-10-12-21(32)13-11-20)28(37-40)22-8-6-7-9-23(22)33/h6-13,18H,4-5,14-17,19H2,1-3H3,(H2,34,42)(H,35,41). The van der Waals surface area contributed by atoms with E-state index < -0.39 is 11.5 Å². The van der Waals surface area contributed by atoms with Crippen LogP contribution in [0.3, 0.4) is 0 Å². The summed E-state index contributed by atoms with van der Waals surface area (Å²) in [5, 5.41) is 9.10. The minimum absolute atomic E-state index is 0.114. The van der Waals surface area contributed by atoms with Gasteiger partial charge in [0.05, 0.1) is 17.1 Å². The number of halogens is 2. The van der Waals surface area contributed by atoms with Crippen LogP contribution in [0.25, 0.3) is 28.0 Å². The zero-order valence-corrected chi connectivity index (χ0v) is 26.0. The fourth-order valence-corrected chi connectivity index (χ4v) is 5.87. The SMILES string of the molecule is CCNC(=O)CN(C)c1cc(N2CCC(OCC)(C(N)=O)CC2)n2nc(-c3ccccc3Cl)c(-c3ccc(Cl)cc3)c2n1. The number of benzene rings is 2. The third-order valence-electron chi connectivity index (χ3n) is 7.73. The molecule has 12 heteroatoms. The molecule has 3 heterocycles. The lowest BCUT2D eigenvalue weighted by atomic mass is 9.90. The topological polar surface area (TPSA) is 118 Å². The number of hydrogen-bond donors (Lipinski definition) is 2. The minimum Gasteiger partial charge on any atom is -0.367 e. The van der Waals surface area contributed by atoms with Crippen molar-refractivity contribution in [3.8, 4) is 22.4 Å². The quantitative estimate of drug-likeness (QED) is 0.260. The Morgan fingerprint density at radius 2 is 1.79 bits per heavy atom. The summed E-state index contributed by atoms with van der Waals surface area (Å²) in [5.41, 5.74) is 8.41. The van der Waals surface area contributed by atoms with E-state index in [-0.39, 0.29) is 12.5 Å². The van der Waals surface area contributed by atoms with Crippen LogP contribution in [-0.2, 0) is 14.3 Å². The first-order valence-corrected chi connectivity index (χ1v) is 15.0. The van der Waals surface area contributed by atoms with Gasteiger partial charge in [0.2, 0.25) is 11.8 Å². The second-order valence-electron chi connectivity index (χ2n) is 10.5. The molecule has 4 aromatic rings. The third-order valence-corrected chi connectivity index (χ3v) is 8.31. The van der Waals surface area contributed by atoms with Gasteiger partial charge in [-0.3, -0.25) is 9.59 Å². The lowest BCUT2D eigenvalue weighted by molar-refractivity contribution is -0.146. The van der Waals surface area contributed by atoms with Crippen molar-refractivity contribution in [2.45, 2.75) is 32.3 Å². The Balaban J connectivity index is 1.72. The number of nitrogens with one attached hydrogen (secondary N) is 1. The number of nitrogens with zero attached hydrogens (tertiary/aromatic N) is 5. The molecule has 0 spiro atoms. The number of likely N-dealkylation sites (N-methyl/N-ethyl adjacent to an activating group) is 2. The zero-order chi connectivity index (χ0) is 30.7. The summed E-state index contributed by atoms with van der Waals surface area (Å²) in [4.78, 5) is 34.0. The van der Waals surface area contributed by atoms with Crippen LogP contribution in [0.1, 0.15) is 26.7 Å². The van der Waals surface area contributed by atoms with Crippen LogP contribution in [0.5, 0.6) is 0 Å². The summed E-state index contributed by atoms with van der Waals surface area (Å²) in [6, 6.07) is 17.0. The first kappa shape index (κ1) is 30.6. The summed E-state index contributed by atoms with van der Waals surface area (Å²) in [7, 11) is 1.83. The largest absolute Gasteiger partial charge is 0.367 e. The molecule has 43 heavy (non-hydrogen) atoms. The van der Waals surface area contributed by atoms with Crippen LogP contribution >= 0.6 is 23.2 Å². The van der Waals surface area contributed by atoms with Crippen molar-refractivity contribution in [2.24, 2.45) is 5.73 Å². The number of aromatic nitrogens is 3. The van der Waals surface area contributed by atoms with Crippen molar-refractivity contribution in [1.82, 2.24) is 19.9 Å². The maximum absolute atomic E-state index is 12.5. The van der Waals surface area contributed by atoms with Crippen molar-refractivity contribution >= 4 is 52.3 Å². The summed E-state index contributed by atoms with van der Waals surface area (Å²) < 4.78 is 7.69. The summed E-state index contributed by atoms with van der Waals surface area (Å²) in [5.74, 6) is 0.774. The van der Waals surface area contributed by atoms with E-state index in [0.29, 0.717) is 66.3 Å². The molecule has 0 saturated carbocycles. The van der Waals surface area contributed by atoms with E-state index >= 15 is 0 Å². The van der Waals surface area contributed by atoms with Crippen LogP contribution in [-0.4, -0.2) is 71.8 Å². The normalized spacial score (nSPS) is 14.6. The molecule has 3 N–H and O–H groups in total. The van der Waals surface area contributed by atoms with E-state index in [2.05, 4.69) is 10.2 Å². The number of anilines is 2. The summed E-state index contributed by atoms with van der Waals surface area (Å²) in [6.07, 6.45) is 0.847. The maximum Gasteiger partial charge on any atom is 0.249 e. The van der Waals surface area contributed by atoms with Gasteiger partial charge in [-0.25, -0.2) is 4.98 Å². The molecule has 2 aromatic heterocycles. The van der Waals surface area contributed by atoms with Crippen LogP contribution in [0.4, 0.5) is 11.6 Å². The molecular weight excluding hydrogens is 589 g/mol. The molecule has 1 fully saturated rings. The highest BCUT2D eigenvalue weighted by molar-refractivity contribution is 6.33. The second kappa shape index (κ2) is 12.8. The van der Waals surface area contributed by atoms with Crippen molar-refractivity contribution in [1.29, 1.82) is 0 Å². The summed E-state index contributed by atoms with van der Waals surface area (Å²) in [6.45, 7) is 5.78. The van der Waals surface area contributed by atoms with E-state index in [1.807, 2.05) is 80.0 Å². The Labute approximate surface area is 260 Å². The average Bonchev–Trinajstić information content (AvgIpc) is 3.37. The van der Waals surface area contributed by atoms with Gasteiger partial charge in [-0.2, -0.15) is 9.61 Å². The Bertz CT molecular complexity index is 1630. The lowest BCUT2D eigenvalue weighted by Gasteiger charge is -2.40. The first-order chi connectivity index (χ1) is 20.7. The molecule has 5 rings (SSSR count). The Morgan fingerprint density at radius 1 is 1.09 bits per heavy atom. The average molecular weight is 625 g/mol. The number of primary amides is 1. The molecule has 0 unspecified atom stereocenters. The van der Waals surface area contributed by atoms with E-state index in [4.69, 9.17) is 43.8 Å². The molecule has 1 saturated heterocycles. The Hall–Kier alpha value is -3.86. The predicted molar refractivity (Wildman–Crippen MR) is 171 cm³/mol. The second-order valence-corrected chi connectivity index (χ2v) is 11.4. The van der Waals surface area contributed by atoms with Crippen LogP contribution in [0, 0.1) is 0 Å². The number of carbonyl (C=O) groups excluding carboxylic acids is 2. The Morgan fingerprint density at radius 3 is 2.42 bits per heavy atom. The minimum atomic E-state index is -1.02. The third kappa shape index (κ3) is 6.13. The van der Waals surface area contributed by atoms with Gasteiger partial charge in [0.25, 0.3) is 0 Å². The van der Waals surface area contributed by atoms with Gasteiger partial charge < -0.3 is 25.6 Å². The number of carbonyl (C=O) groups is 2. The van der Waals surface area contributed by atoms with Gasteiger partial charge in [0.15, 0.2) is 5.65 Å². The Kier molecular flexibility index (Phi) is 9.10. The molecule has 0 atom stereocenters. The number of fused-ring (bicyclic) bond motifs is 1. The van der Waals surface area contributed by atoms with Gasteiger partial charge in [0.1, 0.15) is 22.9 Å². The zero-order valence-electron chi connectivity index (χ0n) is 24.4. The molecule has 2 amide bonds. The van der Waals surface area contributed by atoms with Crippen LogP contribution in [0.15, 0.2) is 54.6 Å². The molecule has 10 nitrogen and oxygen atoms in total. The van der Waals surface area contributed by atoms with Crippen molar-refractivity contribution < 1.29 is 14.3 Å². The number of ether oxygens (including phenoxy) is 1. The van der Waals surface area contributed by atoms with Gasteiger partial charge in [-0.1, -0.05) is 53.5 Å². The van der Waals surface area contributed by atoms with Gasteiger partial charge >= 0.3 is 0 Å². The molecule has 1 aliphatic rings. The lowest BCUT2D eigenvalue weighted by Crippen LogP contribution is -2.54. The molecule has 2 aromatic carbocycles. The summed E-state index contributed by atoms with van der Waals surface area (Å²) >= 11 is 13.0. The monoisotopic (exact) mass is 623 g/mol. The maximum atomic E-state index is 12.5. The fraction of sp³-hybridized carbons (Fsp3) is 0.355. The van der Waals surface area contributed by atoms with Gasteiger partial charge in [0, 0.05) is 62.8 Å². The predicted octanol–water partition coefficient (Wildman–Crippen LogP) is 4.80. The molecule has 0 radical (unpaired) electrons. The number of rotatable bonds is 10. The van der Waals surface area contributed by atoms with E-state index in [0.717, 1.165) is 22.5 Å². The molecular formula is C31H35Cl2N7O3. The van der Waals surface area contributed by atoms with Crippen LogP contribution in [0.2, 0.25) is 10.0 Å². The van der Waals surface area contributed by atoms with E-state index in [9.17, 15) is 9.59 Å². The highest BCUT2D eigenvalue weighted by atomic mass is 35.5. The van der Waals surface area contributed by atoms with Crippen molar-refractivity contribution in [3.63, 3.8) is 0 Å². The molecule has 0 bridgehead atoms. The molecule has 1 aliphatic heterocycles. The van der Waals surface area contributed by atoms with Crippen LogP contribution < -0.4 is 20.9 Å². The van der Waals surface area contributed by atoms with E-state index in [1.54, 1.807) is 4.90 Å². The first-order valence-electron chi connectivity index (χ1n) is 14.3. The number of piperidine rings is 1. The van der Waals surface area contributed by atoms with Crippen molar-refractivity contribution in [2.75, 3.05) is 49.6 Å². The number of amides is 2. The number of hydrogen-bond acceptors (Lipinski definition) is 7. The highest BCUT2D eigenvalue weighted by Crippen LogP contribution is 2.40. The van der Waals surface area contributed by atoms with E-state index in [1.165, 1.54) is 0 Å². The highest BCUT2D eigenvalue weighted by Gasteiger charge is 2.41. The molecule has 0 aliphatic carbocycles. The van der Waals surface area contributed by atoms with Gasteiger partial charge in [-0.15, -0.1) is 0 Å². The van der Waals surface area contributed by atoms with Gasteiger partial charge in [-0.05, 0) is 37.6 Å². The number of nitrogens with two attached hydrogens (primary N) is 1. The van der Waals surface area contributed by atoms with Crippen molar-refractivity contribution in [3.05, 3.63) is 64.6 Å². The smallest absolute Gasteiger partial charge is 0.249 e. The fourth-order valence-electron chi connectivity index (χ4n) is 5.52. The molecule has 226 valence electrons.